The van der Waals surface area contributed by atoms with Crippen LogP contribution in [0.1, 0.15) is 38.8 Å². The van der Waals surface area contributed by atoms with Crippen LogP contribution in [0.15, 0.2) is 30.3 Å². The van der Waals surface area contributed by atoms with Crippen LogP contribution in [-0.2, 0) is 4.79 Å². The highest BCUT2D eigenvalue weighted by Crippen LogP contribution is 2.20. The van der Waals surface area contributed by atoms with Crippen LogP contribution in [0.2, 0.25) is 0 Å². The minimum atomic E-state index is -0.223. The summed E-state index contributed by atoms with van der Waals surface area (Å²) < 4.78 is 0. The van der Waals surface area contributed by atoms with Gasteiger partial charge in [-0.15, -0.1) is 24.8 Å². The van der Waals surface area contributed by atoms with E-state index in [1.54, 1.807) is 0 Å². The molecule has 2 unspecified atom stereocenters. The Labute approximate surface area is 146 Å². The van der Waals surface area contributed by atoms with E-state index in [4.69, 9.17) is 5.73 Å². The fraction of sp³-hybridized carbons (Fsp3) is 0.562. The molecule has 3 N–H and O–H groups in total. The van der Waals surface area contributed by atoms with E-state index in [0.717, 1.165) is 25.1 Å². The van der Waals surface area contributed by atoms with Crippen molar-refractivity contribution in [3.63, 3.8) is 0 Å². The van der Waals surface area contributed by atoms with E-state index in [9.17, 15) is 4.79 Å². The largest absolute Gasteiger partial charge is 0.354 e. The number of nitrogens with one attached hydrogen (secondary N) is 1. The lowest BCUT2D eigenvalue weighted by Crippen LogP contribution is -2.41. The molecule has 128 valence electrons. The van der Waals surface area contributed by atoms with Crippen molar-refractivity contribution in [2.45, 2.75) is 39.3 Å². The van der Waals surface area contributed by atoms with Crippen LogP contribution < -0.4 is 11.1 Å². The number of hydrogen-bond donors (Lipinski definition) is 2. The van der Waals surface area contributed by atoms with Crippen molar-refractivity contribution in [3.8, 4) is 0 Å². The van der Waals surface area contributed by atoms with Crippen molar-refractivity contribution < 1.29 is 4.79 Å². The standard InChI is InChI=1S/C16H27N3O.2ClH/c1-4-19(5-2)15(14-9-7-6-8-10-14)16(20)18-12-11-13(3)17;;/h6-10,13,15H,4-5,11-12,17H2,1-3H3,(H,18,20);2*1H. The van der Waals surface area contributed by atoms with E-state index in [2.05, 4.69) is 24.1 Å². The van der Waals surface area contributed by atoms with Gasteiger partial charge in [0.2, 0.25) is 5.91 Å². The fourth-order valence-electron chi connectivity index (χ4n) is 2.27. The Morgan fingerprint density at radius 2 is 1.73 bits per heavy atom. The highest BCUT2D eigenvalue weighted by molar-refractivity contribution is 5.85. The van der Waals surface area contributed by atoms with Gasteiger partial charge in [0, 0.05) is 12.6 Å². The van der Waals surface area contributed by atoms with Gasteiger partial charge in [0.1, 0.15) is 6.04 Å². The first kappa shape index (κ1) is 23.5. The van der Waals surface area contributed by atoms with Crippen molar-refractivity contribution in [3.05, 3.63) is 35.9 Å². The van der Waals surface area contributed by atoms with Crippen LogP contribution >= 0.6 is 24.8 Å². The number of carbonyl (C=O) groups is 1. The molecular formula is C16H29Cl2N3O. The molecule has 0 saturated heterocycles. The Balaban J connectivity index is 0. The zero-order chi connectivity index (χ0) is 15.0. The average Bonchev–Trinajstić information content (AvgIpc) is 2.44. The second kappa shape index (κ2) is 12.7. The summed E-state index contributed by atoms with van der Waals surface area (Å²) in [7, 11) is 0. The molecule has 4 nitrogen and oxygen atoms in total. The molecular weight excluding hydrogens is 321 g/mol. The third-order valence-corrected chi connectivity index (χ3v) is 3.44. The fourth-order valence-corrected chi connectivity index (χ4v) is 2.27. The second-order valence-electron chi connectivity index (χ2n) is 5.09. The molecule has 0 radical (unpaired) electrons. The number of rotatable bonds is 8. The number of likely N-dealkylation sites (N-methyl/N-ethyl adjacent to an activating group) is 1. The first-order valence-corrected chi connectivity index (χ1v) is 7.42. The van der Waals surface area contributed by atoms with Crippen molar-refractivity contribution in [1.82, 2.24) is 10.2 Å². The number of hydrogen-bond acceptors (Lipinski definition) is 3. The van der Waals surface area contributed by atoms with E-state index >= 15 is 0 Å². The molecule has 22 heavy (non-hydrogen) atoms. The van der Waals surface area contributed by atoms with Gasteiger partial charge in [-0.2, -0.15) is 0 Å². The topological polar surface area (TPSA) is 58.4 Å². The van der Waals surface area contributed by atoms with Gasteiger partial charge >= 0.3 is 0 Å². The van der Waals surface area contributed by atoms with Gasteiger partial charge in [0.05, 0.1) is 0 Å². The second-order valence-corrected chi connectivity index (χ2v) is 5.09. The summed E-state index contributed by atoms with van der Waals surface area (Å²) >= 11 is 0. The Morgan fingerprint density at radius 1 is 1.18 bits per heavy atom. The van der Waals surface area contributed by atoms with Crippen LogP contribution in [0.4, 0.5) is 0 Å². The zero-order valence-electron chi connectivity index (χ0n) is 13.6. The van der Waals surface area contributed by atoms with E-state index < -0.39 is 0 Å². The maximum absolute atomic E-state index is 12.5. The molecule has 0 aromatic heterocycles. The third-order valence-electron chi connectivity index (χ3n) is 3.44. The minimum Gasteiger partial charge on any atom is -0.354 e. The molecule has 1 rings (SSSR count). The summed E-state index contributed by atoms with van der Waals surface area (Å²) in [5.74, 6) is 0.0561. The lowest BCUT2D eigenvalue weighted by atomic mass is 10.0. The van der Waals surface area contributed by atoms with Gasteiger partial charge in [-0.1, -0.05) is 44.2 Å². The summed E-state index contributed by atoms with van der Waals surface area (Å²) in [6, 6.07) is 9.82. The molecule has 0 saturated carbocycles. The smallest absolute Gasteiger partial charge is 0.241 e. The SMILES string of the molecule is CCN(CC)C(C(=O)NCCC(C)N)c1ccccc1.Cl.Cl. The number of benzene rings is 1. The lowest BCUT2D eigenvalue weighted by Gasteiger charge is -2.29. The molecule has 6 heteroatoms. The molecule has 0 aliphatic carbocycles. The summed E-state index contributed by atoms with van der Waals surface area (Å²) in [5.41, 5.74) is 6.75. The van der Waals surface area contributed by atoms with Crippen LogP contribution in [-0.4, -0.2) is 36.5 Å². The molecule has 0 fully saturated rings. The Hall–Kier alpha value is -0.810. The van der Waals surface area contributed by atoms with Gasteiger partial charge in [0.15, 0.2) is 0 Å². The van der Waals surface area contributed by atoms with E-state index in [1.807, 2.05) is 37.3 Å². The van der Waals surface area contributed by atoms with E-state index in [-0.39, 0.29) is 42.8 Å². The zero-order valence-corrected chi connectivity index (χ0v) is 15.3. The van der Waals surface area contributed by atoms with Gasteiger partial charge in [-0.05, 0) is 32.0 Å². The molecule has 0 aliphatic heterocycles. The molecule has 0 spiro atoms. The number of amides is 1. The number of halogens is 2. The molecule has 1 aromatic carbocycles. The van der Waals surface area contributed by atoms with Crippen molar-refractivity contribution in [2.24, 2.45) is 5.73 Å². The molecule has 0 heterocycles. The molecule has 0 aliphatic rings. The summed E-state index contributed by atoms with van der Waals surface area (Å²) in [6.45, 7) is 8.42. The summed E-state index contributed by atoms with van der Waals surface area (Å²) in [4.78, 5) is 14.7. The highest BCUT2D eigenvalue weighted by Gasteiger charge is 2.25. The van der Waals surface area contributed by atoms with E-state index in [1.165, 1.54) is 0 Å². The number of nitrogens with two attached hydrogens (primary N) is 1. The van der Waals surface area contributed by atoms with Gasteiger partial charge < -0.3 is 11.1 Å². The first-order valence-electron chi connectivity index (χ1n) is 7.42. The van der Waals surface area contributed by atoms with E-state index in [0.29, 0.717) is 6.54 Å². The molecule has 1 amide bonds. The molecule has 2 atom stereocenters. The van der Waals surface area contributed by atoms with Crippen LogP contribution in [0.5, 0.6) is 0 Å². The monoisotopic (exact) mass is 349 g/mol. The number of carbonyl (C=O) groups excluding carboxylic acids is 1. The van der Waals surface area contributed by atoms with Crippen molar-refractivity contribution >= 4 is 30.7 Å². The van der Waals surface area contributed by atoms with Crippen molar-refractivity contribution in [2.75, 3.05) is 19.6 Å². The number of nitrogens with zero attached hydrogens (tertiary/aromatic N) is 1. The third kappa shape index (κ3) is 7.45. The van der Waals surface area contributed by atoms with Gasteiger partial charge in [0.25, 0.3) is 0 Å². The molecule has 0 bridgehead atoms. The Bertz CT molecular complexity index is 398. The van der Waals surface area contributed by atoms with Crippen LogP contribution in [0.3, 0.4) is 0 Å². The Kier molecular flexibility index (Phi) is 13.5. The van der Waals surface area contributed by atoms with Crippen LogP contribution in [0, 0.1) is 0 Å². The molecule has 1 aromatic rings. The van der Waals surface area contributed by atoms with Gasteiger partial charge in [-0.25, -0.2) is 0 Å². The quantitative estimate of drug-likeness (QED) is 0.758. The maximum Gasteiger partial charge on any atom is 0.241 e. The predicted molar refractivity (Wildman–Crippen MR) is 97.9 cm³/mol. The first-order chi connectivity index (χ1) is 9.60. The van der Waals surface area contributed by atoms with Crippen molar-refractivity contribution in [1.29, 1.82) is 0 Å². The van der Waals surface area contributed by atoms with Crippen LogP contribution in [0.25, 0.3) is 0 Å². The summed E-state index contributed by atoms with van der Waals surface area (Å²) in [5, 5.41) is 3.00. The Morgan fingerprint density at radius 3 is 2.18 bits per heavy atom. The average molecular weight is 350 g/mol. The lowest BCUT2D eigenvalue weighted by molar-refractivity contribution is -0.126. The minimum absolute atomic E-state index is 0. The highest BCUT2D eigenvalue weighted by atomic mass is 35.5. The maximum atomic E-state index is 12.5. The normalized spacial score (nSPS) is 12.8. The summed E-state index contributed by atoms with van der Waals surface area (Å²) in [6.07, 6.45) is 0.797. The van der Waals surface area contributed by atoms with Gasteiger partial charge in [-0.3, -0.25) is 9.69 Å². The predicted octanol–water partition coefficient (Wildman–Crippen LogP) is 2.77.